The molecule has 0 heterocycles. The van der Waals surface area contributed by atoms with Gasteiger partial charge in [-0.3, -0.25) is 4.79 Å². The van der Waals surface area contributed by atoms with Crippen LogP contribution in [-0.2, 0) is 4.79 Å². The first-order valence-electron chi connectivity index (χ1n) is 5.35. The Morgan fingerprint density at radius 3 is 2.30 bits per heavy atom. The van der Waals surface area contributed by atoms with Crippen LogP contribution in [-0.4, -0.2) is 17.2 Å². The van der Waals surface area contributed by atoms with E-state index in [4.69, 9.17) is 10.4 Å². The van der Waals surface area contributed by atoms with E-state index in [1.54, 1.807) is 0 Å². The van der Waals surface area contributed by atoms with Gasteiger partial charge in [-0.05, 0) is 26.0 Å². The van der Waals surface area contributed by atoms with Crippen molar-refractivity contribution in [1.29, 1.82) is 5.26 Å². The lowest BCUT2D eigenvalue weighted by molar-refractivity contribution is -0.116. The molecule has 0 fully saturated rings. The second-order valence-corrected chi connectivity index (χ2v) is 3.63. The summed E-state index contributed by atoms with van der Waals surface area (Å²) in [6.07, 6.45) is -1.54. The van der Waals surface area contributed by atoms with Gasteiger partial charge >= 0.3 is 6.18 Å². The molecule has 1 amide bonds. The van der Waals surface area contributed by atoms with Crippen molar-refractivity contribution in [3.8, 4) is 6.07 Å². The number of amides is 1. The lowest BCUT2D eigenvalue weighted by Gasteiger charge is -2.07. The number of hydrogen-bond acceptors (Lipinski definition) is 3. The average molecular weight is 286 g/mol. The minimum atomic E-state index is -4.56. The molecule has 0 rings (SSSR count). The van der Waals surface area contributed by atoms with Gasteiger partial charge in [0.15, 0.2) is 5.57 Å². The zero-order chi connectivity index (χ0) is 15.9. The summed E-state index contributed by atoms with van der Waals surface area (Å²) < 4.78 is 36.6. The van der Waals surface area contributed by atoms with Crippen LogP contribution in [0.1, 0.15) is 13.8 Å². The third-order valence-electron chi connectivity index (χ3n) is 2.10. The first kappa shape index (κ1) is 17.5. The van der Waals surface area contributed by atoms with Crippen LogP contribution in [0.15, 0.2) is 47.4 Å². The van der Waals surface area contributed by atoms with Crippen molar-refractivity contribution in [1.82, 2.24) is 5.32 Å². The maximum atomic E-state index is 12.2. The van der Waals surface area contributed by atoms with E-state index in [0.29, 0.717) is 6.08 Å². The molecule has 0 saturated carbocycles. The molecule has 0 aromatic rings. The number of nitriles is 1. The molecule has 7 heteroatoms. The molecule has 0 atom stereocenters. The molecule has 0 aliphatic heterocycles. The van der Waals surface area contributed by atoms with Crippen molar-refractivity contribution >= 4 is 5.91 Å². The fraction of sp³-hybridized carbons (Fsp3) is 0.231. The maximum absolute atomic E-state index is 12.2. The molecular formula is C13H13F3N2O2. The molecule has 2 N–H and O–H groups in total. The number of hydrogen-bond donors (Lipinski definition) is 2. The van der Waals surface area contributed by atoms with Crippen molar-refractivity contribution in [2.45, 2.75) is 20.0 Å². The number of aliphatic hydroxyl groups is 1. The number of carbonyl (C=O) groups is 1. The van der Waals surface area contributed by atoms with E-state index in [1.807, 2.05) is 0 Å². The highest BCUT2D eigenvalue weighted by molar-refractivity contribution is 5.98. The van der Waals surface area contributed by atoms with Crippen LogP contribution >= 0.6 is 0 Å². The summed E-state index contributed by atoms with van der Waals surface area (Å²) in [6.45, 7) is 5.47. The molecule has 0 unspecified atom stereocenters. The van der Waals surface area contributed by atoms with Crippen molar-refractivity contribution in [2.75, 3.05) is 0 Å². The van der Waals surface area contributed by atoms with E-state index in [9.17, 15) is 18.0 Å². The van der Waals surface area contributed by atoms with Gasteiger partial charge in [0.2, 0.25) is 0 Å². The molecule has 0 spiro atoms. The zero-order valence-electron chi connectivity index (χ0n) is 10.9. The Balaban J connectivity index is 4.99. The number of nitrogens with one attached hydrogen (secondary N) is 1. The van der Waals surface area contributed by atoms with Crippen LogP contribution in [0.3, 0.4) is 0 Å². The SMILES string of the molecule is C=C(/C=C\C(=C/C)NC(=O)/C(C#N)=C(/C)O)C(F)(F)F. The monoisotopic (exact) mass is 286 g/mol. The zero-order valence-corrected chi connectivity index (χ0v) is 10.9. The number of halogens is 3. The van der Waals surface area contributed by atoms with E-state index in [-0.39, 0.29) is 5.70 Å². The van der Waals surface area contributed by atoms with Crippen molar-refractivity contribution in [3.63, 3.8) is 0 Å². The summed E-state index contributed by atoms with van der Waals surface area (Å²) in [6, 6.07) is 1.49. The largest absolute Gasteiger partial charge is 0.511 e. The van der Waals surface area contributed by atoms with Gasteiger partial charge in [-0.15, -0.1) is 0 Å². The lowest BCUT2D eigenvalue weighted by atomic mass is 10.2. The Kier molecular flexibility index (Phi) is 6.29. The van der Waals surface area contributed by atoms with Crippen LogP contribution in [0.4, 0.5) is 13.2 Å². The van der Waals surface area contributed by atoms with Gasteiger partial charge in [0.25, 0.3) is 5.91 Å². The second-order valence-electron chi connectivity index (χ2n) is 3.63. The standard InChI is InChI=1S/C13H13F3N2O2/c1-4-10(6-5-8(2)13(14,15)16)18-12(20)11(7-17)9(3)19/h4-6,19H,2H2,1,3H3,(H,18,20)/b6-5-,10-4+,11-9-. The minimum Gasteiger partial charge on any atom is -0.511 e. The van der Waals surface area contributed by atoms with Gasteiger partial charge in [0.1, 0.15) is 11.8 Å². The van der Waals surface area contributed by atoms with Gasteiger partial charge < -0.3 is 10.4 Å². The summed E-state index contributed by atoms with van der Waals surface area (Å²) >= 11 is 0. The Labute approximate surface area is 114 Å². The van der Waals surface area contributed by atoms with E-state index in [2.05, 4.69) is 11.9 Å². The van der Waals surface area contributed by atoms with Gasteiger partial charge in [0, 0.05) is 11.3 Å². The maximum Gasteiger partial charge on any atom is 0.415 e. The number of carbonyl (C=O) groups excluding carboxylic acids is 1. The topological polar surface area (TPSA) is 73.1 Å². The Morgan fingerprint density at radius 1 is 1.40 bits per heavy atom. The molecule has 0 aliphatic carbocycles. The van der Waals surface area contributed by atoms with Crippen LogP contribution < -0.4 is 5.32 Å². The van der Waals surface area contributed by atoms with E-state index < -0.39 is 29.0 Å². The van der Waals surface area contributed by atoms with Crippen molar-refractivity contribution < 1.29 is 23.1 Å². The van der Waals surface area contributed by atoms with Gasteiger partial charge in [-0.2, -0.15) is 18.4 Å². The molecule has 0 aliphatic rings. The molecule has 20 heavy (non-hydrogen) atoms. The van der Waals surface area contributed by atoms with Crippen molar-refractivity contribution in [3.05, 3.63) is 47.4 Å². The minimum absolute atomic E-state index is 0.0365. The molecule has 0 aromatic carbocycles. The third kappa shape index (κ3) is 5.44. The van der Waals surface area contributed by atoms with E-state index in [0.717, 1.165) is 13.0 Å². The highest BCUT2D eigenvalue weighted by Crippen LogP contribution is 2.24. The number of rotatable bonds is 4. The second kappa shape index (κ2) is 7.19. The average Bonchev–Trinajstić information content (AvgIpc) is 2.32. The van der Waals surface area contributed by atoms with Crippen molar-refractivity contribution in [2.24, 2.45) is 0 Å². The number of aliphatic hydroxyl groups excluding tert-OH is 1. The Hall–Kier alpha value is -2.49. The molecule has 0 radical (unpaired) electrons. The highest BCUT2D eigenvalue weighted by atomic mass is 19.4. The Morgan fingerprint density at radius 2 is 1.95 bits per heavy atom. The molecule has 108 valence electrons. The predicted molar refractivity (Wildman–Crippen MR) is 67.2 cm³/mol. The quantitative estimate of drug-likeness (QED) is 0.361. The fourth-order valence-corrected chi connectivity index (χ4v) is 0.984. The summed E-state index contributed by atoms with van der Waals surface area (Å²) in [5, 5.41) is 19.9. The van der Waals surface area contributed by atoms with Crippen LogP contribution in [0.25, 0.3) is 0 Å². The van der Waals surface area contributed by atoms with E-state index in [1.165, 1.54) is 19.1 Å². The molecule has 0 saturated heterocycles. The highest BCUT2D eigenvalue weighted by Gasteiger charge is 2.29. The van der Waals surface area contributed by atoms with Crippen LogP contribution in [0.2, 0.25) is 0 Å². The van der Waals surface area contributed by atoms with Crippen LogP contribution in [0.5, 0.6) is 0 Å². The first-order valence-corrected chi connectivity index (χ1v) is 5.35. The summed E-state index contributed by atoms with van der Waals surface area (Å²) in [7, 11) is 0. The number of allylic oxidation sites excluding steroid dienone is 5. The third-order valence-corrected chi connectivity index (χ3v) is 2.10. The number of nitrogens with zero attached hydrogens (tertiary/aromatic N) is 1. The normalized spacial score (nSPS) is 13.7. The first-order chi connectivity index (χ1) is 9.13. The van der Waals surface area contributed by atoms with Gasteiger partial charge in [-0.25, -0.2) is 0 Å². The van der Waals surface area contributed by atoms with Gasteiger partial charge in [-0.1, -0.05) is 12.7 Å². The Bertz CT molecular complexity index is 531. The smallest absolute Gasteiger partial charge is 0.415 e. The molecule has 0 bridgehead atoms. The molecule has 4 nitrogen and oxygen atoms in total. The molecule has 0 aromatic heterocycles. The summed E-state index contributed by atoms with van der Waals surface area (Å²) in [4.78, 5) is 11.6. The fourth-order valence-electron chi connectivity index (χ4n) is 0.984. The van der Waals surface area contributed by atoms with Crippen LogP contribution in [0, 0.1) is 11.3 Å². The summed E-state index contributed by atoms with van der Waals surface area (Å²) in [5.41, 5.74) is -1.57. The summed E-state index contributed by atoms with van der Waals surface area (Å²) in [5.74, 6) is -1.40. The van der Waals surface area contributed by atoms with E-state index >= 15 is 0 Å². The predicted octanol–water partition coefficient (Wildman–Crippen LogP) is 3.04. The number of alkyl halides is 3. The van der Waals surface area contributed by atoms with Gasteiger partial charge in [0.05, 0.1) is 0 Å². The lowest BCUT2D eigenvalue weighted by Crippen LogP contribution is -2.24. The molecular weight excluding hydrogens is 273 g/mol.